The van der Waals surface area contributed by atoms with Crippen LogP contribution in [0.15, 0.2) is 16.6 Å². The van der Waals surface area contributed by atoms with E-state index in [1.807, 2.05) is 26.0 Å². The topological polar surface area (TPSA) is 73.6 Å². The van der Waals surface area contributed by atoms with E-state index in [2.05, 4.69) is 21.2 Å². The van der Waals surface area contributed by atoms with Gasteiger partial charge in [-0.25, -0.2) is 0 Å². The fraction of sp³-hybridized carbons (Fsp3) is 0.533. The Morgan fingerprint density at radius 2 is 2.19 bits per heavy atom. The van der Waals surface area contributed by atoms with E-state index in [9.17, 15) is 4.79 Å². The van der Waals surface area contributed by atoms with Gasteiger partial charge in [0.25, 0.3) is 5.91 Å². The van der Waals surface area contributed by atoms with Crippen molar-refractivity contribution in [1.82, 2.24) is 5.32 Å². The number of rotatable bonds is 8. The molecule has 0 saturated heterocycles. The molecule has 0 radical (unpaired) electrons. The van der Waals surface area contributed by atoms with Crippen LogP contribution in [0.2, 0.25) is 0 Å². The highest BCUT2D eigenvalue weighted by Gasteiger charge is 2.14. The SMILES string of the molecule is CCC(C)NC(=O)COc1c(Br)cc(CCN)cc1OC. The third-order valence-electron chi connectivity index (χ3n) is 3.09. The molecule has 0 aliphatic heterocycles. The molecule has 1 amide bonds. The lowest BCUT2D eigenvalue weighted by Gasteiger charge is -2.15. The summed E-state index contributed by atoms with van der Waals surface area (Å²) in [6.45, 7) is 4.49. The largest absolute Gasteiger partial charge is 0.493 e. The molecule has 1 unspecified atom stereocenters. The number of nitrogens with one attached hydrogen (secondary N) is 1. The van der Waals surface area contributed by atoms with Crippen molar-refractivity contribution in [2.45, 2.75) is 32.7 Å². The molecule has 0 aliphatic carbocycles. The fourth-order valence-corrected chi connectivity index (χ4v) is 2.38. The number of methoxy groups -OCH3 is 1. The van der Waals surface area contributed by atoms with Gasteiger partial charge < -0.3 is 20.5 Å². The molecule has 0 bridgehead atoms. The summed E-state index contributed by atoms with van der Waals surface area (Å²) in [4.78, 5) is 11.8. The molecular weight excluding hydrogens is 336 g/mol. The first kappa shape index (κ1) is 17.8. The van der Waals surface area contributed by atoms with Gasteiger partial charge in [-0.3, -0.25) is 4.79 Å². The second-order valence-corrected chi connectivity index (χ2v) is 5.67. The van der Waals surface area contributed by atoms with Gasteiger partial charge in [0, 0.05) is 6.04 Å². The second kappa shape index (κ2) is 8.89. The Hall–Kier alpha value is -1.27. The third-order valence-corrected chi connectivity index (χ3v) is 3.68. The summed E-state index contributed by atoms with van der Waals surface area (Å²) in [6.07, 6.45) is 1.64. The zero-order valence-corrected chi connectivity index (χ0v) is 14.3. The van der Waals surface area contributed by atoms with Crippen molar-refractivity contribution in [2.24, 2.45) is 5.73 Å². The van der Waals surface area contributed by atoms with Gasteiger partial charge in [0.2, 0.25) is 0 Å². The molecule has 3 N–H and O–H groups in total. The molecule has 1 aromatic rings. The van der Waals surface area contributed by atoms with Crippen LogP contribution in [0.1, 0.15) is 25.8 Å². The van der Waals surface area contributed by atoms with E-state index in [-0.39, 0.29) is 18.6 Å². The minimum atomic E-state index is -0.149. The maximum atomic E-state index is 11.8. The molecule has 0 saturated carbocycles. The first-order valence-corrected chi connectivity index (χ1v) is 7.79. The van der Waals surface area contributed by atoms with E-state index in [4.69, 9.17) is 15.2 Å². The summed E-state index contributed by atoms with van der Waals surface area (Å²) in [6, 6.07) is 3.94. The molecular formula is C15H23BrN2O3. The van der Waals surface area contributed by atoms with Gasteiger partial charge in [0.15, 0.2) is 18.1 Å². The normalized spacial score (nSPS) is 11.9. The Kier molecular flexibility index (Phi) is 7.53. The van der Waals surface area contributed by atoms with Gasteiger partial charge in [-0.05, 0) is 59.9 Å². The first-order chi connectivity index (χ1) is 10.0. The predicted molar refractivity (Wildman–Crippen MR) is 86.8 cm³/mol. The number of benzene rings is 1. The van der Waals surface area contributed by atoms with Crippen molar-refractivity contribution in [1.29, 1.82) is 0 Å². The number of ether oxygens (including phenoxy) is 2. The number of hydrogen-bond donors (Lipinski definition) is 2. The van der Waals surface area contributed by atoms with Crippen molar-refractivity contribution in [3.05, 3.63) is 22.2 Å². The number of halogens is 1. The van der Waals surface area contributed by atoms with Gasteiger partial charge in [-0.2, -0.15) is 0 Å². The van der Waals surface area contributed by atoms with Crippen LogP contribution in [0, 0.1) is 0 Å². The second-order valence-electron chi connectivity index (χ2n) is 4.81. The minimum Gasteiger partial charge on any atom is -0.493 e. The van der Waals surface area contributed by atoms with Crippen LogP contribution in [0.25, 0.3) is 0 Å². The van der Waals surface area contributed by atoms with Crippen LogP contribution in [0.4, 0.5) is 0 Å². The van der Waals surface area contributed by atoms with Crippen molar-refractivity contribution in [3.63, 3.8) is 0 Å². The van der Waals surface area contributed by atoms with Crippen molar-refractivity contribution >= 4 is 21.8 Å². The number of amides is 1. The fourth-order valence-electron chi connectivity index (χ4n) is 1.78. The molecule has 0 spiro atoms. The smallest absolute Gasteiger partial charge is 0.258 e. The quantitative estimate of drug-likeness (QED) is 0.747. The highest BCUT2D eigenvalue weighted by molar-refractivity contribution is 9.10. The number of carbonyl (C=O) groups excluding carboxylic acids is 1. The van der Waals surface area contributed by atoms with E-state index in [1.165, 1.54) is 0 Å². The van der Waals surface area contributed by atoms with Crippen LogP contribution in [0.3, 0.4) is 0 Å². The molecule has 1 atom stereocenters. The van der Waals surface area contributed by atoms with Gasteiger partial charge in [0.05, 0.1) is 11.6 Å². The van der Waals surface area contributed by atoms with Crippen molar-refractivity contribution in [2.75, 3.05) is 20.3 Å². The number of hydrogen-bond acceptors (Lipinski definition) is 4. The summed E-state index contributed by atoms with van der Waals surface area (Å²) >= 11 is 3.45. The maximum absolute atomic E-state index is 11.8. The summed E-state index contributed by atoms with van der Waals surface area (Å²) in [5.41, 5.74) is 6.61. The molecule has 0 aromatic heterocycles. The maximum Gasteiger partial charge on any atom is 0.258 e. The van der Waals surface area contributed by atoms with E-state index in [0.29, 0.717) is 18.0 Å². The summed E-state index contributed by atoms with van der Waals surface area (Å²) in [5.74, 6) is 0.964. The molecule has 0 aliphatic rings. The monoisotopic (exact) mass is 358 g/mol. The van der Waals surface area contributed by atoms with Gasteiger partial charge in [-0.1, -0.05) is 6.92 Å². The number of carbonyl (C=O) groups is 1. The first-order valence-electron chi connectivity index (χ1n) is 7.00. The van der Waals surface area contributed by atoms with E-state index in [0.717, 1.165) is 22.9 Å². The Labute approximate surface area is 134 Å². The van der Waals surface area contributed by atoms with Gasteiger partial charge in [-0.15, -0.1) is 0 Å². The van der Waals surface area contributed by atoms with Crippen LogP contribution < -0.4 is 20.5 Å². The molecule has 6 heteroatoms. The van der Waals surface area contributed by atoms with E-state index >= 15 is 0 Å². The predicted octanol–water partition coefficient (Wildman–Crippen LogP) is 2.25. The van der Waals surface area contributed by atoms with Crippen molar-refractivity contribution < 1.29 is 14.3 Å². The average Bonchev–Trinajstić information content (AvgIpc) is 2.45. The lowest BCUT2D eigenvalue weighted by Crippen LogP contribution is -2.35. The Morgan fingerprint density at radius 3 is 2.76 bits per heavy atom. The summed E-state index contributed by atoms with van der Waals surface area (Å²) in [7, 11) is 1.57. The lowest BCUT2D eigenvalue weighted by atomic mass is 10.1. The van der Waals surface area contributed by atoms with Crippen LogP contribution in [0.5, 0.6) is 11.5 Å². The summed E-state index contributed by atoms with van der Waals surface area (Å²) in [5, 5.41) is 2.85. The lowest BCUT2D eigenvalue weighted by molar-refractivity contribution is -0.123. The highest BCUT2D eigenvalue weighted by Crippen LogP contribution is 2.36. The highest BCUT2D eigenvalue weighted by atomic mass is 79.9. The zero-order chi connectivity index (χ0) is 15.8. The average molecular weight is 359 g/mol. The van der Waals surface area contributed by atoms with E-state index < -0.39 is 0 Å². The molecule has 118 valence electrons. The zero-order valence-electron chi connectivity index (χ0n) is 12.7. The van der Waals surface area contributed by atoms with Crippen molar-refractivity contribution in [3.8, 4) is 11.5 Å². The molecule has 21 heavy (non-hydrogen) atoms. The van der Waals surface area contributed by atoms with E-state index in [1.54, 1.807) is 7.11 Å². The molecule has 1 rings (SSSR count). The van der Waals surface area contributed by atoms with Crippen LogP contribution in [-0.4, -0.2) is 32.2 Å². The molecule has 0 fully saturated rings. The Morgan fingerprint density at radius 1 is 1.48 bits per heavy atom. The summed E-state index contributed by atoms with van der Waals surface area (Å²) < 4.78 is 11.7. The Bertz CT molecular complexity index is 480. The van der Waals surface area contributed by atoms with Gasteiger partial charge >= 0.3 is 0 Å². The standard InChI is InChI=1S/C15H23BrN2O3/c1-4-10(2)18-14(19)9-21-15-12(16)7-11(5-6-17)8-13(15)20-3/h7-8,10H,4-6,9,17H2,1-3H3,(H,18,19). The number of nitrogens with two attached hydrogens (primary N) is 1. The minimum absolute atomic E-state index is 0.0461. The third kappa shape index (κ3) is 5.55. The molecule has 5 nitrogen and oxygen atoms in total. The van der Waals surface area contributed by atoms with Gasteiger partial charge in [0.1, 0.15) is 0 Å². The van der Waals surface area contributed by atoms with Crippen LogP contribution in [-0.2, 0) is 11.2 Å². The molecule has 1 aromatic carbocycles. The van der Waals surface area contributed by atoms with Crippen LogP contribution >= 0.6 is 15.9 Å². The molecule has 0 heterocycles. The Balaban J connectivity index is 2.76.